The zero-order valence-corrected chi connectivity index (χ0v) is 14.5. The van der Waals surface area contributed by atoms with E-state index in [0.717, 1.165) is 0 Å². The fraction of sp³-hybridized carbons (Fsp3) is 0.211. The zero-order valence-electron chi connectivity index (χ0n) is 14.5. The molecule has 0 aliphatic heterocycles. The lowest BCUT2D eigenvalue weighted by molar-refractivity contribution is 0.0936. The molecular weight excluding hydrogens is 335 g/mol. The Morgan fingerprint density at radius 1 is 1.23 bits per heavy atom. The van der Waals surface area contributed by atoms with E-state index in [1.807, 2.05) is 6.92 Å². The number of carbonyl (C=O) groups is 1. The maximum atomic E-state index is 14.4. The lowest BCUT2D eigenvalue weighted by Crippen LogP contribution is -2.32. The van der Waals surface area contributed by atoms with Crippen molar-refractivity contribution in [2.24, 2.45) is 7.05 Å². The van der Waals surface area contributed by atoms with Crippen LogP contribution in [0.3, 0.4) is 0 Å². The predicted octanol–water partition coefficient (Wildman–Crippen LogP) is 2.87. The molecule has 1 amide bonds. The van der Waals surface area contributed by atoms with Gasteiger partial charge in [0.05, 0.1) is 6.61 Å². The summed E-state index contributed by atoms with van der Waals surface area (Å²) in [5.41, 5.74) is 0.613. The maximum absolute atomic E-state index is 14.4. The molecule has 0 bridgehead atoms. The number of aromatic nitrogens is 3. The number of aryl methyl sites for hydroxylation is 1. The molecule has 0 saturated carbocycles. The molecule has 0 aliphatic carbocycles. The van der Waals surface area contributed by atoms with Gasteiger partial charge in [0.2, 0.25) is 5.88 Å². The summed E-state index contributed by atoms with van der Waals surface area (Å²) in [6.45, 7) is 2.19. The average molecular weight is 354 g/mol. The van der Waals surface area contributed by atoms with Gasteiger partial charge in [0.25, 0.3) is 5.91 Å². The van der Waals surface area contributed by atoms with Gasteiger partial charge in [0.1, 0.15) is 23.2 Å². The van der Waals surface area contributed by atoms with E-state index in [4.69, 9.17) is 4.74 Å². The smallest absolute Gasteiger partial charge is 0.257 e. The Bertz CT molecular complexity index is 910. The van der Waals surface area contributed by atoms with Gasteiger partial charge < -0.3 is 14.6 Å². The number of benzene rings is 1. The minimum atomic E-state index is -0.751. The third-order valence-electron chi connectivity index (χ3n) is 3.91. The van der Waals surface area contributed by atoms with Crippen molar-refractivity contribution in [1.29, 1.82) is 0 Å². The molecule has 1 N–H and O–H groups in total. The van der Waals surface area contributed by atoms with Gasteiger partial charge in [-0.2, -0.15) is 0 Å². The molecule has 0 unspecified atom stereocenters. The summed E-state index contributed by atoms with van der Waals surface area (Å²) in [6, 6.07) is 8.81. The Morgan fingerprint density at radius 3 is 2.73 bits per heavy atom. The van der Waals surface area contributed by atoms with Crippen molar-refractivity contribution < 1.29 is 13.9 Å². The Labute approximate surface area is 150 Å². The minimum Gasteiger partial charge on any atom is -0.477 e. The highest BCUT2D eigenvalue weighted by atomic mass is 19.1. The normalized spacial score (nSPS) is 11.8. The van der Waals surface area contributed by atoms with E-state index < -0.39 is 17.8 Å². The molecule has 0 fully saturated rings. The van der Waals surface area contributed by atoms with Crippen LogP contribution in [-0.2, 0) is 7.05 Å². The van der Waals surface area contributed by atoms with Crippen LogP contribution in [0.2, 0.25) is 0 Å². The number of halogens is 1. The molecule has 2 heterocycles. The van der Waals surface area contributed by atoms with E-state index >= 15 is 0 Å². The monoisotopic (exact) mass is 354 g/mol. The quantitative estimate of drug-likeness (QED) is 0.739. The van der Waals surface area contributed by atoms with Gasteiger partial charge in [-0.15, -0.1) is 0 Å². The first-order chi connectivity index (χ1) is 12.6. The van der Waals surface area contributed by atoms with Gasteiger partial charge in [-0.25, -0.2) is 14.4 Å². The number of hydrogen-bond donors (Lipinski definition) is 1. The molecular formula is C19H19FN4O2. The van der Waals surface area contributed by atoms with Crippen molar-refractivity contribution in [3.05, 3.63) is 77.8 Å². The number of rotatable bonds is 6. The molecule has 1 atom stereocenters. The number of nitrogens with zero attached hydrogens (tertiary/aromatic N) is 3. The SMILES string of the molecule is CCOc1ncccc1C(=O)N[C@H](c1ccccc1F)c1nccn1C. The lowest BCUT2D eigenvalue weighted by atomic mass is 10.0. The maximum Gasteiger partial charge on any atom is 0.257 e. The van der Waals surface area contributed by atoms with Crippen molar-refractivity contribution >= 4 is 5.91 Å². The van der Waals surface area contributed by atoms with E-state index in [1.165, 1.54) is 6.07 Å². The van der Waals surface area contributed by atoms with E-state index in [0.29, 0.717) is 18.0 Å². The molecule has 134 valence electrons. The number of ether oxygens (including phenoxy) is 1. The standard InChI is InChI=1S/C19H19FN4O2/c1-3-26-19-14(8-6-10-22-19)18(25)23-16(17-21-11-12-24(17)2)13-7-4-5-9-15(13)20/h4-12,16H,3H2,1-2H3,(H,23,25)/t16-/m1/s1. The first kappa shape index (κ1) is 17.6. The second kappa shape index (κ2) is 7.77. The van der Waals surface area contributed by atoms with Gasteiger partial charge in [-0.3, -0.25) is 4.79 Å². The van der Waals surface area contributed by atoms with Crippen molar-refractivity contribution in [2.45, 2.75) is 13.0 Å². The Morgan fingerprint density at radius 2 is 2.04 bits per heavy atom. The highest BCUT2D eigenvalue weighted by Crippen LogP contribution is 2.24. The summed E-state index contributed by atoms with van der Waals surface area (Å²) < 4.78 is 21.5. The van der Waals surface area contributed by atoms with Crippen LogP contribution >= 0.6 is 0 Å². The minimum absolute atomic E-state index is 0.236. The van der Waals surface area contributed by atoms with Crippen molar-refractivity contribution in [3.8, 4) is 5.88 Å². The van der Waals surface area contributed by atoms with Crippen LogP contribution in [0.1, 0.15) is 34.7 Å². The van der Waals surface area contributed by atoms with E-state index in [2.05, 4.69) is 15.3 Å². The molecule has 2 aromatic heterocycles. The number of pyridine rings is 1. The summed E-state index contributed by atoms with van der Waals surface area (Å²) >= 11 is 0. The molecule has 0 spiro atoms. The van der Waals surface area contributed by atoms with Gasteiger partial charge in [-0.05, 0) is 25.1 Å². The van der Waals surface area contributed by atoms with Crippen LogP contribution in [0.5, 0.6) is 5.88 Å². The highest BCUT2D eigenvalue weighted by Gasteiger charge is 2.25. The van der Waals surface area contributed by atoms with Crippen LogP contribution < -0.4 is 10.1 Å². The first-order valence-electron chi connectivity index (χ1n) is 8.22. The first-order valence-corrected chi connectivity index (χ1v) is 8.22. The number of nitrogens with one attached hydrogen (secondary N) is 1. The molecule has 0 aliphatic rings. The Hall–Kier alpha value is -3.22. The number of amides is 1. The molecule has 3 rings (SSSR count). The summed E-state index contributed by atoms with van der Waals surface area (Å²) in [5.74, 6) is -0.0836. The van der Waals surface area contributed by atoms with E-state index in [-0.39, 0.29) is 11.4 Å². The van der Waals surface area contributed by atoms with Crippen molar-refractivity contribution in [2.75, 3.05) is 6.61 Å². The van der Waals surface area contributed by atoms with E-state index in [1.54, 1.807) is 60.5 Å². The van der Waals surface area contributed by atoms with Crippen LogP contribution in [0.15, 0.2) is 55.0 Å². The van der Waals surface area contributed by atoms with Crippen LogP contribution in [0, 0.1) is 5.82 Å². The summed E-state index contributed by atoms with van der Waals surface area (Å²) in [4.78, 5) is 21.2. The largest absolute Gasteiger partial charge is 0.477 e. The Kier molecular flexibility index (Phi) is 5.26. The van der Waals surface area contributed by atoms with Gasteiger partial charge in [0, 0.05) is 31.2 Å². The van der Waals surface area contributed by atoms with Crippen molar-refractivity contribution in [3.63, 3.8) is 0 Å². The third-order valence-corrected chi connectivity index (χ3v) is 3.91. The highest BCUT2D eigenvalue weighted by molar-refractivity contribution is 5.96. The topological polar surface area (TPSA) is 69.0 Å². The second-order valence-corrected chi connectivity index (χ2v) is 5.61. The third kappa shape index (κ3) is 3.56. The molecule has 6 nitrogen and oxygen atoms in total. The summed E-state index contributed by atoms with van der Waals surface area (Å²) in [7, 11) is 1.79. The second-order valence-electron chi connectivity index (χ2n) is 5.61. The average Bonchev–Trinajstić information content (AvgIpc) is 3.07. The summed E-state index contributed by atoms with van der Waals surface area (Å²) in [6.07, 6.45) is 4.89. The lowest BCUT2D eigenvalue weighted by Gasteiger charge is -2.20. The van der Waals surface area contributed by atoms with Gasteiger partial charge in [0.15, 0.2) is 0 Å². The molecule has 7 heteroatoms. The van der Waals surface area contributed by atoms with Gasteiger partial charge >= 0.3 is 0 Å². The van der Waals surface area contributed by atoms with Crippen molar-refractivity contribution in [1.82, 2.24) is 19.9 Å². The van der Waals surface area contributed by atoms with Crippen LogP contribution in [0.4, 0.5) is 4.39 Å². The number of hydrogen-bond acceptors (Lipinski definition) is 4. The molecule has 0 radical (unpaired) electrons. The predicted molar refractivity (Wildman–Crippen MR) is 94.3 cm³/mol. The fourth-order valence-corrected chi connectivity index (χ4v) is 2.67. The number of carbonyl (C=O) groups excluding carboxylic acids is 1. The molecule has 1 aromatic carbocycles. The Balaban J connectivity index is 1.98. The van der Waals surface area contributed by atoms with Crippen LogP contribution in [-0.4, -0.2) is 27.0 Å². The van der Waals surface area contributed by atoms with Gasteiger partial charge in [-0.1, -0.05) is 18.2 Å². The zero-order chi connectivity index (χ0) is 18.5. The number of imidazole rings is 1. The fourth-order valence-electron chi connectivity index (χ4n) is 2.67. The molecule has 3 aromatic rings. The van der Waals surface area contributed by atoms with E-state index in [9.17, 15) is 9.18 Å². The summed E-state index contributed by atoms with van der Waals surface area (Å²) in [5, 5.41) is 2.85. The molecule has 26 heavy (non-hydrogen) atoms. The molecule has 0 saturated heterocycles. The van der Waals surface area contributed by atoms with Crippen LogP contribution in [0.25, 0.3) is 0 Å².